The van der Waals surface area contributed by atoms with E-state index in [4.69, 9.17) is 5.11 Å². The van der Waals surface area contributed by atoms with E-state index in [1.165, 1.54) is 17.9 Å². The predicted molar refractivity (Wildman–Crippen MR) is 77.6 cm³/mol. The molecule has 0 aliphatic carbocycles. The number of benzene rings is 1. The van der Waals surface area contributed by atoms with E-state index in [9.17, 15) is 5.11 Å². The van der Waals surface area contributed by atoms with E-state index in [2.05, 4.69) is 27.0 Å². The van der Waals surface area contributed by atoms with Crippen LogP contribution in [-0.4, -0.2) is 39.0 Å². The zero-order valence-electron chi connectivity index (χ0n) is 11.3. The van der Waals surface area contributed by atoms with Crippen molar-refractivity contribution in [3.63, 3.8) is 0 Å². The van der Waals surface area contributed by atoms with Gasteiger partial charge in [0, 0.05) is 25.2 Å². The molecule has 3 rings (SSSR count). The Morgan fingerprint density at radius 2 is 2.10 bits per heavy atom. The minimum Gasteiger partial charge on any atom is -0.394 e. The van der Waals surface area contributed by atoms with E-state index in [0.717, 1.165) is 24.2 Å². The lowest BCUT2D eigenvalue weighted by molar-refractivity contribution is 0.105. The SMILES string of the molecule is OCC(O)CNc1ccc(-c2cnc3n2CCC3)cc1. The van der Waals surface area contributed by atoms with E-state index in [0.29, 0.717) is 6.54 Å². The number of imidazole rings is 1. The Hall–Kier alpha value is -1.85. The molecule has 0 amide bonds. The Bertz CT molecular complexity index is 577. The van der Waals surface area contributed by atoms with Gasteiger partial charge in [0.25, 0.3) is 0 Å². The smallest absolute Gasteiger partial charge is 0.109 e. The van der Waals surface area contributed by atoms with E-state index in [1.807, 2.05) is 18.3 Å². The second-order valence-electron chi connectivity index (χ2n) is 5.11. The Kier molecular flexibility index (Phi) is 3.71. The standard InChI is InChI=1S/C15H19N3O2/c19-10-13(20)8-16-12-5-3-11(4-6-12)14-9-17-15-2-1-7-18(14)15/h3-6,9,13,16,19-20H,1-2,7-8,10H2. The summed E-state index contributed by atoms with van der Waals surface area (Å²) < 4.78 is 2.28. The number of aliphatic hydroxyl groups is 2. The maximum absolute atomic E-state index is 9.31. The maximum Gasteiger partial charge on any atom is 0.109 e. The van der Waals surface area contributed by atoms with Gasteiger partial charge >= 0.3 is 0 Å². The average molecular weight is 273 g/mol. The van der Waals surface area contributed by atoms with Gasteiger partial charge < -0.3 is 20.1 Å². The Morgan fingerprint density at radius 3 is 2.85 bits per heavy atom. The van der Waals surface area contributed by atoms with Crippen molar-refractivity contribution in [3.05, 3.63) is 36.3 Å². The van der Waals surface area contributed by atoms with Crippen molar-refractivity contribution in [2.45, 2.75) is 25.5 Å². The van der Waals surface area contributed by atoms with Crippen LogP contribution < -0.4 is 5.32 Å². The fraction of sp³-hybridized carbons (Fsp3) is 0.400. The Labute approximate surface area is 117 Å². The van der Waals surface area contributed by atoms with Crippen LogP contribution in [0.25, 0.3) is 11.3 Å². The third-order valence-electron chi connectivity index (χ3n) is 3.65. The van der Waals surface area contributed by atoms with Crippen LogP contribution >= 0.6 is 0 Å². The summed E-state index contributed by atoms with van der Waals surface area (Å²) in [6.45, 7) is 1.17. The van der Waals surface area contributed by atoms with Crippen molar-refractivity contribution in [1.29, 1.82) is 0 Å². The van der Waals surface area contributed by atoms with E-state index in [-0.39, 0.29) is 6.61 Å². The predicted octanol–water partition coefficient (Wildman–Crippen LogP) is 1.26. The van der Waals surface area contributed by atoms with Crippen LogP contribution in [0.1, 0.15) is 12.2 Å². The molecule has 1 aromatic carbocycles. The number of fused-ring (bicyclic) bond motifs is 1. The van der Waals surface area contributed by atoms with Gasteiger partial charge in [-0.25, -0.2) is 4.98 Å². The number of aromatic nitrogens is 2. The molecule has 0 saturated heterocycles. The van der Waals surface area contributed by atoms with E-state index < -0.39 is 6.10 Å². The lowest BCUT2D eigenvalue weighted by atomic mass is 10.1. The van der Waals surface area contributed by atoms with Crippen LogP contribution in [0.5, 0.6) is 0 Å². The first kappa shape index (κ1) is 13.1. The first-order chi connectivity index (χ1) is 9.78. The van der Waals surface area contributed by atoms with Crippen LogP contribution in [0.15, 0.2) is 30.5 Å². The molecule has 20 heavy (non-hydrogen) atoms. The van der Waals surface area contributed by atoms with Gasteiger partial charge in [0.15, 0.2) is 0 Å². The molecule has 1 aromatic heterocycles. The number of nitrogens with one attached hydrogen (secondary N) is 1. The highest BCUT2D eigenvalue weighted by Gasteiger charge is 2.16. The quantitative estimate of drug-likeness (QED) is 0.767. The number of aryl methyl sites for hydroxylation is 1. The van der Waals surface area contributed by atoms with Crippen LogP contribution in [0.4, 0.5) is 5.69 Å². The molecule has 5 heteroatoms. The molecule has 1 unspecified atom stereocenters. The van der Waals surface area contributed by atoms with Gasteiger partial charge in [0.2, 0.25) is 0 Å². The van der Waals surface area contributed by atoms with Crippen LogP contribution in [0, 0.1) is 0 Å². The molecule has 0 fully saturated rings. The van der Waals surface area contributed by atoms with Gasteiger partial charge in [-0.2, -0.15) is 0 Å². The van der Waals surface area contributed by atoms with Gasteiger partial charge in [-0.05, 0) is 24.1 Å². The van der Waals surface area contributed by atoms with Gasteiger partial charge in [-0.3, -0.25) is 0 Å². The molecule has 2 aromatic rings. The highest BCUT2D eigenvalue weighted by Crippen LogP contribution is 2.26. The van der Waals surface area contributed by atoms with Crippen molar-refractivity contribution in [1.82, 2.24) is 9.55 Å². The molecule has 0 spiro atoms. The van der Waals surface area contributed by atoms with Crippen molar-refractivity contribution in [2.75, 3.05) is 18.5 Å². The summed E-state index contributed by atoms with van der Waals surface area (Å²) in [5.74, 6) is 1.17. The van der Waals surface area contributed by atoms with Crippen LogP contribution in [0.2, 0.25) is 0 Å². The fourth-order valence-electron chi connectivity index (χ4n) is 2.55. The molecule has 2 heterocycles. The molecule has 106 valence electrons. The number of hydrogen-bond donors (Lipinski definition) is 3. The summed E-state index contributed by atoms with van der Waals surface area (Å²) in [7, 11) is 0. The van der Waals surface area contributed by atoms with Gasteiger partial charge in [0.05, 0.1) is 24.6 Å². The molecule has 0 bridgehead atoms. The van der Waals surface area contributed by atoms with E-state index in [1.54, 1.807) is 0 Å². The minimum atomic E-state index is -0.729. The molecule has 1 atom stereocenters. The first-order valence-electron chi connectivity index (χ1n) is 6.95. The number of nitrogens with zero attached hydrogens (tertiary/aromatic N) is 2. The third-order valence-corrected chi connectivity index (χ3v) is 3.65. The summed E-state index contributed by atoms with van der Waals surface area (Å²) in [4.78, 5) is 4.45. The zero-order valence-corrected chi connectivity index (χ0v) is 11.3. The number of aliphatic hydroxyl groups excluding tert-OH is 2. The Morgan fingerprint density at radius 1 is 1.30 bits per heavy atom. The molecular formula is C15H19N3O2. The summed E-state index contributed by atoms with van der Waals surface area (Å²) >= 11 is 0. The highest BCUT2D eigenvalue weighted by molar-refractivity contribution is 5.63. The van der Waals surface area contributed by atoms with Gasteiger partial charge in [0.1, 0.15) is 5.82 Å². The van der Waals surface area contributed by atoms with Crippen molar-refractivity contribution >= 4 is 5.69 Å². The van der Waals surface area contributed by atoms with Crippen molar-refractivity contribution < 1.29 is 10.2 Å². The summed E-state index contributed by atoms with van der Waals surface area (Å²) in [6.07, 6.45) is 3.45. The summed E-state index contributed by atoms with van der Waals surface area (Å²) in [5.41, 5.74) is 3.25. The lowest BCUT2D eigenvalue weighted by Gasteiger charge is -2.11. The molecular weight excluding hydrogens is 254 g/mol. The molecule has 1 aliphatic rings. The Balaban J connectivity index is 1.72. The zero-order chi connectivity index (χ0) is 13.9. The van der Waals surface area contributed by atoms with Crippen molar-refractivity contribution in [3.8, 4) is 11.3 Å². The number of hydrogen-bond acceptors (Lipinski definition) is 4. The minimum absolute atomic E-state index is 0.229. The monoisotopic (exact) mass is 273 g/mol. The number of rotatable bonds is 5. The van der Waals surface area contributed by atoms with Gasteiger partial charge in [-0.1, -0.05) is 12.1 Å². The normalized spacial score (nSPS) is 15.1. The van der Waals surface area contributed by atoms with Gasteiger partial charge in [-0.15, -0.1) is 0 Å². The second-order valence-corrected chi connectivity index (χ2v) is 5.11. The molecule has 1 aliphatic heterocycles. The second kappa shape index (κ2) is 5.64. The van der Waals surface area contributed by atoms with E-state index >= 15 is 0 Å². The lowest BCUT2D eigenvalue weighted by Crippen LogP contribution is -2.22. The topological polar surface area (TPSA) is 70.3 Å². The maximum atomic E-state index is 9.31. The van der Waals surface area contributed by atoms with Crippen LogP contribution in [-0.2, 0) is 13.0 Å². The van der Waals surface area contributed by atoms with Crippen LogP contribution in [0.3, 0.4) is 0 Å². The third kappa shape index (κ3) is 2.55. The first-order valence-corrected chi connectivity index (χ1v) is 6.95. The average Bonchev–Trinajstić information content (AvgIpc) is 3.08. The largest absolute Gasteiger partial charge is 0.394 e. The molecule has 0 saturated carbocycles. The molecule has 0 radical (unpaired) electrons. The molecule has 3 N–H and O–H groups in total. The number of anilines is 1. The summed E-state index contributed by atoms with van der Waals surface area (Å²) in [5, 5.41) is 21.2. The fourth-order valence-corrected chi connectivity index (χ4v) is 2.55. The highest BCUT2D eigenvalue weighted by atomic mass is 16.3. The summed E-state index contributed by atoms with van der Waals surface area (Å²) in [6, 6.07) is 8.06. The van der Waals surface area contributed by atoms with Crippen molar-refractivity contribution in [2.24, 2.45) is 0 Å². The molecule has 5 nitrogen and oxygen atoms in total.